The van der Waals surface area contributed by atoms with Crippen LogP contribution in [0.2, 0.25) is 0 Å². The van der Waals surface area contributed by atoms with E-state index in [0.29, 0.717) is 32.2 Å². The Morgan fingerprint density at radius 2 is 1.71 bits per heavy atom. The standard InChI is InChI=1S/C20H21F2N3O3/c1-28-16-5-3-15(4-6-16)24-8-10-25(11-9-24)20(27)13-19(26)23-18-7-2-14(21)12-17(18)22/h2-7,12H,8-11,13H2,1H3,(H,23,26). The van der Waals surface area contributed by atoms with Crippen molar-refractivity contribution in [3.05, 3.63) is 54.1 Å². The third-order valence-electron chi connectivity index (χ3n) is 4.59. The number of nitrogens with zero attached hydrogens (tertiary/aromatic N) is 2. The first-order valence-corrected chi connectivity index (χ1v) is 8.88. The van der Waals surface area contributed by atoms with Crippen molar-refractivity contribution >= 4 is 23.2 Å². The van der Waals surface area contributed by atoms with Crippen molar-refractivity contribution in [2.45, 2.75) is 6.42 Å². The third kappa shape index (κ3) is 4.76. The summed E-state index contributed by atoms with van der Waals surface area (Å²) in [6.45, 7) is 2.27. The van der Waals surface area contributed by atoms with Crippen LogP contribution < -0.4 is 15.0 Å². The summed E-state index contributed by atoms with van der Waals surface area (Å²) in [7, 11) is 1.61. The fraction of sp³-hybridized carbons (Fsp3) is 0.300. The monoisotopic (exact) mass is 389 g/mol. The van der Waals surface area contributed by atoms with E-state index >= 15 is 0 Å². The molecule has 2 amide bonds. The zero-order valence-corrected chi connectivity index (χ0v) is 15.5. The molecule has 28 heavy (non-hydrogen) atoms. The predicted molar refractivity (Wildman–Crippen MR) is 101 cm³/mol. The number of anilines is 2. The van der Waals surface area contributed by atoms with Crippen LogP contribution in [0, 0.1) is 11.6 Å². The van der Waals surface area contributed by atoms with E-state index in [-0.39, 0.29) is 18.0 Å². The Labute approximate surface area is 161 Å². The Balaban J connectivity index is 1.49. The molecule has 0 radical (unpaired) electrons. The molecule has 3 rings (SSSR count). The maximum Gasteiger partial charge on any atom is 0.233 e. The van der Waals surface area contributed by atoms with Crippen LogP contribution in [0.25, 0.3) is 0 Å². The highest BCUT2D eigenvalue weighted by molar-refractivity contribution is 6.03. The molecule has 0 aromatic heterocycles. The van der Waals surface area contributed by atoms with Gasteiger partial charge in [-0.1, -0.05) is 0 Å². The molecular formula is C20H21F2N3O3. The van der Waals surface area contributed by atoms with Crippen LogP contribution in [0.3, 0.4) is 0 Å². The van der Waals surface area contributed by atoms with E-state index in [9.17, 15) is 18.4 Å². The van der Waals surface area contributed by atoms with Gasteiger partial charge in [0.15, 0.2) is 0 Å². The lowest BCUT2D eigenvalue weighted by molar-refractivity contribution is -0.134. The van der Waals surface area contributed by atoms with Crippen LogP contribution in [0.4, 0.5) is 20.2 Å². The molecule has 0 aliphatic carbocycles. The lowest BCUT2D eigenvalue weighted by atomic mass is 10.2. The molecule has 2 aromatic rings. The maximum absolute atomic E-state index is 13.6. The number of ether oxygens (including phenoxy) is 1. The lowest BCUT2D eigenvalue weighted by Gasteiger charge is -2.36. The van der Waals surface area contributed by atoms with Gasteiger partial charge >= 0.3 is 0 Å². The van der Waals surface area contributed by atoms with Gasteiger partial charge in [0, 0.05) is 37.9 Å². The fourth-order valence-electron chi connectivity index (χ4n) is 3.04. The molecule has 0 spiro atoms. The minimum absolute atomic E-state index is 0.150. The van der Waals surface area contributed by atoms with Crippen molar-refractivity contribution in [3.8, 4) is 5.75 Å². The number of rotatable bonds is 5. The van der Waals surface area contributed by atoms with E-state index in [0.717, 1.165) is 23.6 Å². The molecule has 1 aliphatic heterocycles. The molecule has 1 aliphatic rings. The molecule has 1 saturated heterocycles. The van der Waals surface area contributed by atoms with Gasteiger partial charge < -0.3 is 19.9 Å². The Kier molecular flexibility index (Phi) is 6.08. The summed E-state index contributed by atoms with van der Waals surface area (Å²) in [6, 6.07) is 10.5. The minimum atomic E-state index is -0.881. The highest BCUT2D eigenvalue weighted by Gasteiger charge is 2.23. The summed E-state index contributed by atoms with van der Waals surface area (Å²) < 4.78 is 31.6. The second-order valence-corrected chi connectivity index (χ2v) is 6.41. The second kappa shape index (κ2) is 8.69. The van der Waals surface area contributed by atoms with E-state index in [2.05, 4.69) is 10.2 Å². The largest absolute Gasteiger partial charge is 0.497 e. The van der Waals surface area contributed by atoms with Crippen LogP contribution >= 0.6 is 0 Å². The van der Waals surface area contributed by atoms with Crippen LogP contribution in [-0.2, 0) is 9.59 Å². The van der Waals surface area contributed by atoms with Crippen molar-refractivity contribution in [3.63, 3.8) is 0 Å². The summed E-state index contributed by atoms with van der Waals surface area (Å²) in [5.41, 5.74) is 0.890. The van der Waals surface area contributed by atoms with Gasteiger partial charge in [-0.05, 0) is 36.4 Å². The lowest BCUT2D eigenvalue weighted by Crippen LogP contribution is -2.49. The topological polar surface area (TPSA) is 61.9 Å². The fourth-order valence-corrected chi connectivity index (χ4v) is 3.04. The maximum atomic E-state index is 13.6. The number of piperazine rings is 1. The number of carbonyl (C=O) groups excluding carboxylic acids is 2. The molecule has 0 saturated carbocycles. The molecule has 0 atom stereocenters. The van der Waals surface area contributed by atoms with Gasteiger partial charge in [0.2, 0.25) is 11.8 Å². The number of methoxy groups -OCH3 is 1. The molecule has 1 fully saturated rings. The van der Waals surface area contributed by atoms with Crippen molar-refractivity contribution in [2.24, 2.45) is 0 Å². The number of halogens is 2. The molecule has 0 bridgehead atoms. The number of carbonyl (C=O) groups is 2. The summed E-state index contributed by atoms with van der Waals surface area (Å²) in [4.78, 5) is 28.1. The normalized spacial score (nSPS) is 14.0. The van der Waals surface area contributed by atoms with Crippen LogP contribution in [-0.4, -0.2) is 50.0 Å². The summed E-state index contributed by atoms with van der Waals surface area (Å²) in [6.07, 6.45) is -0.390. The summed E-state index contributed by atoms with van der Waals surface area (Å²) >= 11 is 0. The van der Waals surface area contributed by atoms with Crippen LogP contribution in [0.1, 0.15) is 6.42 Å². The SMILES string of the molecule is COc1ccc(N2CCN(C(=O)CC(=O)Nc3ccc(F)cc3F)CC2)cc1. The molecule has 0 unspecified atom stereocenters. The van der Waals surface area contributed by atoms with Crippen LogP contribution in [0.15, 0.2) is 42.5 Å². The van der Waals surface area contributed by atoms with Crippen LogP contribution in [0.5, 0.6) is 5.75 Å². The predicted octanol–water partition coefficient (Wildman–Crippen LogP) is 2.65. The number of benzene rings is 2. The zero-order valence-electron chi connectivity index (χ0n) is 15.5. The van der Waals surface area contributed by atoms with E-state index in [1.54, 1.807) is 12.0 Å². The minimum Gasteiger partial charge on any atom is -0.497 e. The summed E-state index contributed by atoms with van der Waals surface area (Å²) in [5, 5.41) is 2.30. The quantitative estimate of drug-likeness (QED) is 0.799. The number of nitrogens with one attached hydrogen (secondary N) is 1. The smallest absolute Gasteiger partial charge is 0.233 e. The molecule has 2 aromatic carbocycles. The molecule has 8 heteroatoms. The summed E-state index contributed by atoms with van der Waals surface area (Å²) in [5.74, 6) is -1.79. The first kappa shape index (κ1) is 19.6. The Hall–Kier alpha value is -3.16. The third-order valence-corrected chi connectivity index (χ3v) is 4.59. The van der Waals surface area contributed by atoms with Crippen molar-refractivity contribution < 1.29 is 23.1 Å². The number of hydrogen-bond acceptors (Lipinski definition) is 4. The second-order valence-electron chi connectivity index (χ2n) is 6.41. The molecule has 1 N–H and O–H groups in total. The van der Waals surface area contributed by atoms with Crippen molar-refractivity contribution in [2.75, 3.05) is 43.5 Å². The van der Waals surface area contributed by atoms with E-state index in [1.807, 2.05) is 24.3 Å². The molecule has 1 heterocycles. The Morgan fingerprint density at radius 3 is 2.32 bits per heavy atom. The van der Waals surface area contributed by atoms with Gasteiger partial charge in [0.1, 0.15) is 23.8 Å². The molecule has 148 valence electrons. The van der Waals surface area contributed by atoms with E-state index in [4.69, 9.17) is 4.74 Å². The highest BCUT2D eigenvalue weighted by atomic mass is 19.1. The van der Waals surface area contributed by atoms with Gasteiger partial charge in [-0.2, -0.15) is 0 Å². The zero-order chi connectivity index (χ0) is 20.1. The average molecular weight is 389 g/mol. The first-order chi connectivity index (χ1) is 13.5. The van der Waals surface area contributed by atoms with Gasteiger partial charge in [0.05, 0.1) is 12.8 Å². The van der Waals surface area contributed by atoms with Gasteiger partial charge in [-0.25, -0.2) is 8.78 Å². The Bertz CT molecular complexity index is 850. The van der Waals surface area contributed by atoms with Crippen molar-refractivity contribution in [1.82, 2.24) is 4.90 Å². The van der Waals surface area contributed by atoms with E-state index in [1.165, 1.54) is 0 Å². The van der Waals surface area contributed by atoms with E-state index < -0.39 is 17.5 Å². The molecular weight excluding hydrogens is 368 g/mol. The number of hydrogen-bond donors (Lipinski definition) is 1. The molecule has 6 nitrogen and oxygen atoms in total. The van der Waals surface area contributed by atoms with Gasteiger partial charge in [-0.15, -0.1) is 0 Å². The first-order valence-electron chi connectivity index (χ1n) is 8.88. The highest BCUT2D eigenvalue weighted by Crippen LogP contribution is 2.21. The van der Waals surface area contributed by atoms with Gasteiger partial charge in [0.25, 0.3) is 0 Å². The van der Waals surface area contributed by atoms with Crippen molar-refractivity contribution in [1.29, 1.82) is 0 Å². The Morgan fingerprint density at radius 1 is 1.04 bits per heavy atom. The number of amides is 2. The average Bonchev–Trinajstić information content (AvgIpc) is 2.70. The van der Waals surface area contributed by atoms with Gasteiger partial charge in [-0.3, -0.25) is 9.59 Å².